The number of carbonyl (C=O) groups excluding carboxylic acids is 1. The van der Waals surface area contributed by atoms with E-state index in [9.17, 15) is 4.79 Å². The Hall–Kier alpha value is -2.13. The number of rotatable bonds is 3. The first-order valence-electron chi connectivity index (χ1n) is 6.64. The molecule has 0 aliphatic rings. The van der Waals surface area contributed by atoms with E-state index < -0.39 is 0 Å². The summed E-state index contributed by atoms with van der Waals surface area (Å²) in [5.74, 6) is 0.108. The van der Waals surface area contributed by atoms with Gasteiger partial charge in [0.25, 0.3) is 0 Å². The van der Waals surface area contributed by atoms with Crippen LogP contribution in [0.5, 0.6) is 0 Å². The highest BCUT2D eigenvalue weighted by Gasteiger charge is 2.11. The highest BCUT2D eigenvalue weighted by molar-refractivity contribution is 6.08. The lowest BCUT2D eigenvalue weighted by Crippen LogP contribution is -2.09. The van der Waals surface area contributed by atoms with Gasteiger partial charge in [0.15, 0.2) is 5.78 Å². The molecule has 1 aromatic heterocycles. The highest BCUT2D eigenvalue weighted by atomic mass is 35.5. The standard InChI is InChI=1S/C17H16N2O.ClH/c1-12-8-14-4-3-5-15(16(14)9-13(12)2)17(20)10-19-7-6-18-11-19;/h3-9,11H,10H2,1-2H3;1H. The maximum Gasteiger partial charge on any atom is 0.183 e. The molecular formula is C17H17ClN2O. The third-order valence-corrected chi connectivity index (χ3v) is 3.68. The zero-order chi connectivity index (χ0) is 14.1. The molecule has 0 aliphatic carbocycles. The lowest BCUT2D eigenvalue weighted by atomic mass is 9.97. The molecule has 4 heteroatoms. The number of halogens is 1. The minimum atomic E-state index is 0. The Bertz CT molecular complexity index is 779. The summed E-state index contributed by atoms with van der Waals surface area (Å²) in [4.78, 5) is 16.4. The van der Waals surface area contributed by atoms with Gasteiger partial charge in [-0.15, -0.1) is 12.4 Å². The third kappa shape index (κ3) is 2.98. The lowest BCUT2D eigenvalue weighted by Gasteiger charge is -2.09. The second-order valence-corrected chi connectivity index (χ2v) is 5.12. The monoisotopic (exact) mass is 300 g/mol. The van der Waals surface area contributed by atoms with Crippen LogP contribution in [0.1, 0.15) is 21.5 Å². The Morgan fingerprint density at radius 3 is 2.67 bits per heavy atom. The van der Waals surface area contributed by atoms with E-state index in [0.29, 0.717) is 6.54 Å². The minimum Gasteiger partial charge on any atom is -0.330 e. The van der Waals surface area contributed by atoms with Crippen LogP contribution in [0.25, 0.3) is 10.8 Å². The van der Waals surface area contributed by atoms with Crippen molar-refractivity contribution < 1.29 is 4.79 Å². The molecule has 0 spiro atoms. The summed E-state index contributed by atoms with van der Waals surface area (Å²) in [6.45, 7) is 4.49. The number of aryl methyl sites for hydroxylation is 2. The van der Waals surface area contributed by atoms with Gasteiger partial charge in [0, 0.05) is 18.0 Å². The quantitative estimate of drug-likeness (QED) is 0.686. The smallest absolute Gasteiger partial charge is 0.183 e. The fraction of sp³-hybridized carbons (Fsp3) is 0.176. The maximum absolute atomic E-state index is 12.5. The van der Waals surface area contributed by atoms with Crippen molar-refractivity contribution in [2.45, 2.75) is 20.4 Å². The molecule has 0 fully saturated rings. The van der Waals surface area contributed by atoms with E-state index in [-0.39, 0.29) is 18.2 Å². The van der Waals surface area contributed by atoms with Gasteiger partial charge in [-0.05, 0) is 35.7 Å². The summed E-state index contributed by atoms with van der Waals surface area (Å²) in [7, 11) is 0. The number of fused-ring (bicyclic) bond motifs is 1. The van der Waals surface area contributed by atoms with Crippen LogP contribution in [0.2, 0.25) is 0 Å². The molecule has 0 atom stereocenters. The van der Waals surface area contributed by atoms with E-state index in [2.05, 4.69) is 37.0 Å². The van der Waals surface area contributed by atoms with Crippen molar-refractivity contribution in [3.05, 3.63) is 65.7 Å². The van der Waals surface area contributed by atoms with Crippen molar-refractivity contribution in [1.82, 2.24) is 9.55 Å². The summed E-state index contributed by atoms with van der Waals surface area (Å²) in [6.07, 6.45) is 5.15. The number of hydrogen-bond acceptors (Lipinski definition) is 2. The van der Waals surface area contributed by atoms with Gasteiger partial charge < -0.3 is 4.57 Å². The molecule has 0 bridgehead atoms. The molecule has 108 valence electrons. The van der Waals surface area contributed by atoms with Gasteiger partial charge in [-0.25, -0.2) is 4.98 Å². The topological polar surface area (TPSA) is 34.9 Å². The molecule has 0 radical (unpaired) electrons. The largest absolute Gasteiger partial charge is 0.330 e. The molecule has 0 amide bonds. The molecule has 0 unspecified atom stereocenters. The van der Waals surface area contributed by atoms with E-state index in [4.69, 9.17) is 0 Å². The zero-order valence-electron chi connectivity index (χ0n) is 12.0. The number of ketones is 1. The fourth-order valence-corrected chi connectivity index (χ4v) is 2.42. The van der Waals surface area contributed by atoms with Gasteiger partial charge in [0.2, 0.25) is 0 Å². The van der Waals surface area contributed by atoms with Gasteiger partial charge in [0.1, 0.15) is 0 Å². The number of imidazole rings is 1. The first-order valence-corrected chi connectivity index (χ1v) is 6.64. The predicted octanol–water partition coefficient (Wildman–Crippen LogP) is 3.96. The van der Waals surface area contributed by atoms with E-state index in [1.54, 1.807) is 23.3 Å². The van der Waals surface area contributed by atoms with Crippen LogP contribution < -0.4 is 0 Å². The molecular weight excluding hydrogens is 284 g/mol. The SMILES string of the molecule is Cc1cc2cccc(C(=O)Cn3ccnc3)c2cc1C.Cl. The predicted molar refractivity (Wildman–Crippen MR) is 87.2 cm³/mol. The van der Waals surface area contributed by atoms with Crippen molar-refractivity contribution >= 4 is 29.0 Å². The number of nitrogens with zero attached hydrogens (tertiary/aromatic N) is 2. The molecule has 3 nitrogen and oxygen atoms in total. The van der Waals surface area contributed by atoms with E-state index in [1.807, 2.05) is 12.1 Å². The van der Waals surface area contributed by atoms with Crippen LogP contribution in [-0.2, 0) is 6.54 Å². The van der Waals surface area contributed by atoms with Crippen molar-refractivity contribution in [1.29, 1.82) is 0 Å². The number of hydrogen-bond donors (Lipinski definition) is 0. The summed E-state index contributed by atoms with van der Waals surface area (Å²) < 4.78 is 1.79. The Morgan fingerprint density at radius 2 is 1.95 bits per heavy atom. The number of aromatic nitrogens is 2. The second kappa shape index (κ2) is 6.10. The van der Waals surface area contributed by atoms with Gasteiger partial charge in [-0.3, -0.25) is 4.79 Å². The number of Topliss-reactive ketones (excluding diaryl/α,β-unsaturated/α-hetero) is 1. The Morgan fingerprint density at radius 1 is 1.19 bits per heavy atom. The number of benzene rings is 2. The van der Waals surface area contributed by atoms with E-state index in [0.717, 1.165) is 16.3 Å². The van der Waals surface area contributed by atoms with E-state index >= 15 is 0 Å². The maximum atomic E-state index is 12.5. The van der Waals surface area contributed by atoms with Crippen LogP contribution >= 0.6 is 12.4 Å². The molecule has 3 aromatic rings. The average Bonchev–Trinajstić information content (AvgIpc) is 2.92. The summed E-state index contributed by atoms with van der Waals surface area (Å²) in [6, 6.07) is 10.1. The normalized spacial score (nSPS) is 10.4. The molecule has 2 aromatic carbocycles. The Labute approximate surface area is 130 Å². The van der Waals surface area contributed by atoms with Crippen molar-refractivity contribution in [2.75, 3.05) is 0 Å². The molecule has 21 heavy (non-hydrogen) atoms. The van der Waals surface area contributed by atoms with Crippen LogP contribution in [-0.4, -0.2) is 15.3 Å². The first kappa shape index (κ1) is 15.3. The fourth-order valence-electron chi connectivity index (χ4n) is 2.42. The first-order chi connectivity index (χ1) is 9.65. The van der Waals surface area contributed by atoms with Crippen molar-refractivity contribution in [2.24, 2.45) is 0 Å². The molecule has 0 saturated heterocycles. The van der Waals surface area contributed by atoms with Crippen LogP contribution in [0.3, 0.4) is 0 Å². The van der Waals surface area contributed by atoms with Crippen molar-refractivity contribution in [3.63, 3.8) is 0 Å². The summed E-state index contributed by atoms with van der Waals surface area (Å²) in [5.41, 5.74) is 3.23. The second-order valence-electron chi connectivity index (χ2n) is 5.12. The van der Waals surface area contributed by atoms with E-state index in [1.165, 1.54) is 11.1 Å². The summed E-state index contributed by atoms with van der Waals surface area (Å²) >= 11 is 0. The lowest BCUT2D eigenvalue weighted by molar-refractivity contribution is 0.0973. The molecule has 0 aliphatic heterocycles. The molecule has 0 N–H and O–H groups in total. The average molecular weight is 301 g/mol. The molecule has 0 saturated carbocycles. The van der Waals surface area contributed by atoms with Gasteiger partial charge in [-0.1, -0.05) is 30.3 Å². The Kier molecular flexibility index (Phi) is 4.43. The summed E-state index contributed by atoms with van der Waals surface area (Å²) in [5, 5.41) is 2.14. The van der Waals surface area contributed by atoms with Crippen LogP contribution in [0, 0.1) is 13.8 Å². The van der Waals surface area contributed by atoms with Gasteiger partial charge in [0.05, 0.1) is 12.9 Å². The number of carbonyl (C=O) groups is 1. The molecule has 3 rings (SSSR count). The minimum absolute atomic E-state index is 0. The van der Waals surface area contributed by atoms with Crippen LogP contribution in [0.15, 0.2) is 49.1 Å². The Balaban J connectivity index is 0.00000161. The third-order valence-electron chi connectivity index (χ3n) is 3.68. The zero-order valence-corrected chi connectivity index (χ0v) is 12.9. The van der Waals surface area contributed by atoms with Crippen molar-refractivity contribution in [3.8, 4) is 0 Å². The van der Waals surface area contributed by atoms with Gasteiger partial charge in [-0.2, -0.15) is 0 Å². The molecule has 1 heterocycles. The van der Waals surface area contributed by atoms with Crippen LogP contribution in [0.4, 0.5) is 0 Å². The van der Waals surface area contributed by atoms with Gasteiger partial charge >= 0.3 is 0 Å². The highest BCUT2D eigenvalue weighted by Crippen LogP contribution is 2.23.